The normalized spacial score (nSPS) is 11.1. The fourth-order valence-corrected chi connectivity index (χ4v) is 2.63. The van der Waals surface area contributed by atoms with Crippen LogP contribution in [-0.2, 0) is 9.59 Å². The summed E-state index contributed by atoms with van der Waals surface area (Å²) in [5, 5.41) is 5.70. The van der Waals surface area contributed by atoms with E-state index in [-0.39, 0.29) is 17.7 Å². The highest BCUT2D eigenvalue weighted by molar-refractivity contribution is 6.03. The van der Waals surface area contributed by atoms with Crippen molar-refractivity contribution in [2.75, 3.05) is 24.4 Å². The molecular formula is C25H32N2O4. The van der Waals surface area contributed by atoms with Crippen LogP contribution >= 0.6 is 0 Å². The van der Waals surface area contributed by atoms with Gasteiger partial charge < -0.3 is 20.1 Å². The van der Waals surface area contributed by atoms with Crippen LogP contribution in [0.4, 0.5) is 11.4 Å². The second kappa shape index (κ2) is 11.2. The lowest BCUT2D eigenvalue weighted by Crippen LogP contribution is -2.18. The van der Waals surface area contributed by atoms with E-state index in [0.717, 1.165) is 11.1 Å². The number of aryl methyl sites for hydroxylation is 1. The molecule has 31 heavy (non-hydrogen) atoms. The minimum Gasteiger partial charge on any atom is -0.493 e. The Kier molecular flexibility index (Phi) is 8.67. The van der Waals surface area contributed by atoms with Gasteiger partial charge in [-0.3, -0.25) is 9.59 Å². The highest BCUT2D eigenvalue weighted by atomic mass is 16.5. The fraction of sp³-hybridized carbons (Fsp3) is 0.360. The number of ether oxygens (including phenoxy) is 2. The van der Waals surface area contributed by atoms with Crippen LogP contribution in [0.15, 0.2) is 42.5 Å². The molecule has 2 aromatic carbocycles. The molecule has 0 unspecified atom stereocenters. The Bertz CT molecular complexity index is 949. The lowest BCUT2D eigenvalue weighted by Gasteiger charge is -2.13. The molecule has 2 N–H and O–H groups in total. The van der Waals surface area contributed by atoms with Gasteiger partial charge in [-0.05, 0) is 54.3 Å². The molecule has 0 saturated heterocycles. The molecule has 0 spiro atoms. The maximum Gasteiger partial charge on any atom is 0.248 e. The van der Waals surface area contributed by atoms with Gasteiger partial charge in [-0.15, -0.1) is 0 Å². The summed E-state index contributed by atoms with van der Waals surface area (Å²) in [4.78, 5) is 24.3. The molecule has 2 amide bonds. The zero-order valence-corrected chi connectivity index (χ0v) is 19.1. The van der Waals surface area contributed by atoms with Gasteiger partial charge in [0.25, 0.3) is 0 Å². The summed E-state index contributed by atoms with van der Waals surface area (Å²) in [5.41, 5.74) is 3.01. The number of hydrogen-bond donors (Lipinski definition) is 2. The number of benzene rings is 2. The Labute approximate surface area is 184 Å². The van der Waals surface area contributed by atoms with Crippen LogP contribution in [0.25, 0.3) is 6.08 Å². The third-order valence-electron chi connectivity index (χ3n) is 4.47. The minimum atomic E-state index is -0.269. The molecule has 0 atom stereocenters. The van der Waals surface area contributed by atoms with Crippen molar-refractivity contribution in [2.45, 2.75) is 34.6 Å². The first-order valence-corrected chi connectivity index (χ1v) is 10.4. The Balaban J connectivity index is 2.07. The molecule has 0 radical (unpaired) electrons. The quantitative estimate of drug-likeness (QED) is 0.537. The summed E-state index contributed by atoms with van der Waals surface area (Å²) in [7, 11) is 1.59. The molecule has 2 rings (SSSR count). The van der Waals surface area contributed by atoms with E-state index < -0.39 is 0 Å². The zero-order valence-electron chi connectivity index (χ0n) is 19.1. The molecule has 0 saturated carbocycles. The van der Waals surface area contributed by atoms with Crippen molar-refractivity contribution < 1.29 is 19.1 Å². The van der Waals surface area contributed by atoms with E-state index in [1.807, 2.05) is 51.1 Å². The second-order valence-corrected chi connectivity index (χ2v) is 8.11. The third kappa shape index (κ3) is 7.48. The van der Waals surface area contributed by atoms with Crippen molar-refractivity contribution in [3.8, 4) is 11.5 Å². The summed E-state index contributed by atoms with van der Waals surface area (Å²) in [6.45, 7) is 10.3. The number of carbonyl (C=O) groups excluding carboxylic acids is 2. The number of amides is 2. The Morgan fingerprint density at radius 1 is 1.00 bits per heavy atom. The van der Waals surface area contributed by atoms with Crippen molar-refractivity contribution >= 4 is 29.3 Å². The maximum absolute atomic E-state index is 12.4. The summed E-state index contributed by atoms with van der Waals surface area (Å²) in [6, 6.07) is 11.0. The van der Waals surface area contributed by atoms with Gasteiger partial charge >= 0.3 is 0 Å². The second-order valence-electron chi connectivity index (χ2n) is 8.11. The number of nitrogens with one attached hydrogen (secondary N) is 2. The lowest BCUT2D eigenvalue weighted by molar-refractivity contribution is -0.119. The van der Waals surface area contributed by atoms with Crippen LogP contribution in [0.2, 0.25) is 0 Å². The third-order valence-corrected chi connectivity index (χ3v) is 4.47. The first-order chi connectivity index (χ1) is 14.7. The van der Waals surface area contributed by atoms with E-state index in [9.17, 15) is 9.59 Å². The molecule has 0 bridgehead atoms. The van der Waals surface area contributed by atoms with E-state index in [1.165, 1.54) is 6.08 Å². The molecule has 0 aliphatic rings. The zero-order chi connectivity index (χ0) is 23.0. The van der Waals surface area contributed by atoms with E-state index in [2.05, 4.69) is 24.5 Å². The van der Waals surface area contributed by atoms with Crippen molar-refractivity contribution in [3.63, 3.8) is 0 Å². The number of carbonyl (C=O) groups is 2. The largest absolute Gasteiger partial charge is 0.493 e. The van der Waals surface area contributed by atoms with Crippen LogP contribution in [0.3, 0.4) is 0 Å². The van der Waals surface area contributed by atoms with E-state index in [0.29, 0.717) is 35.4 Å². The molecule has 166 valence electrons. The van der Waals surface area contributed by atoms with Crippen LogP contribution in [0.1, 0.15) is 38.8 Å². The van der Waals surface area contributed by atoms with Crippen LogP contribution < -0.4 is 20.1 Å². The fourth-order valence-electron chi connectivity index (χ4n) is 2.63. The Morgan fingerprint density at radius 2 is 1.74 bits per heavy atom. The van der Waals surface area contributed by atoms with Gasteiger partial charge in [0.2, 0.25) is 11.8 Å². The molecule has 6 nitrogen and oxygen atoms in total. The summed E-state index contributed by atoms with van der Waals surface area (Å²) in [5.74, 6) is 1.24. The average Bonchev–Trinajstić information content (AvgIpc) is 2.73. The Hall–Kier alpha value is -3.28. The highest BCUT2D eigenvalue weighted by Crippen LogP contribution is 2.29. The predicted molar refractivity (Wildman–Crippen MR) is 126 cm³/mol. The van der Waals surface area contributed by atoms with Crippen LogP contribution in [-0.4, -0.2) is 25.5 Å². The van der Waals surface area contributed by atoms with E-state index >= 15 is 0 Å². The molecule has 2 aromatic rings. The number of methoxy groups -OCH3 is 1. The van der Waals surface area contributed by atoms with Gasteiger partial charge in [-0.25, -0.2) is 0 Å². The highest BCUT2D eigenvalue weighted by Gasteiger charge is 2.10. The van der Waals surface area contributed by atoms with Gasteiger partial charge in [0.1, 0.15) is 0 Å². The minimum absolute atomic E-state index is 0.0733. The van der Waals surface area contributed by atoms with E-state index in [1.54, 1.807) is 19.3 Å². The molecule has 0 aliphatic heterocycles. The first kappa shape index (κ1) is 24.0. The average molecular weight is 425 g/mol. The summed E-state index contributed by atoms with van der Waals surface area (Å²) >= 11 is 0. The maximum atomic E-state index is 12.4. The van der Waals surface area contributed by atoms with Crippen molar-refractivity contribution in [2.24, 2.45) is 11.8 Å². The van der Waals surface area contributed by atoms with Gasteiger partial charge in [0, 0.05) is 23.4 Å². The van der Waals surface area contributed by atoms with Crippen molar-refractivity contribution in [3.05, 3.63) is 53.6 Å². The monoisotopic (exact) mass is 424 g/mol. The summed E-state index contributed by atoms with van der Waals surface area (Å²) in [6.07, 6.45) is 3.17. The smallest absolute Gasteiger partial charge is 0.248 e. The summed E-state index contributed by atoms with van der Waals surface area (Å²) < 4.78 is 11.2. The van der Waals surface area contributed by atoms with Gasteiger partial charge in [0.05, 0.1) is 13.7 Å². The number of anilines is 2. The number of rotatable bonds is 9. The van der Waals surface area contributed by atoms with Crippen LogP contribution in [0, 0.1) is 18.8 Å². The van der Waals surface area contributed by atoms with Gasteiger partial charge in [0.15, 0.2) is 11.5 Å². The SMILES string of the molecule is COc1cc(/C=C/C(=O)Nc2cc(NC(=O)C(C)C)ccc2C)ccc1OCC(C)C. The standard InChI is InChI=1S/C25H32N2O4/c1-16(2)15-31-22-11-8-19(13-23(22)30-6)9-12-24(28)27-21-14-20(10-7-18(21)5)26-25(29)17(3)4/h7-14,16-17H,15H2,1-6H3,(H,26,29)(H,27,28)/b12-9+. The van der Waals surface area contributed by atoms with Crippen LogP contribution in [0.5, 0.6) is 11.5 Å². The lowest BCUT2D eigenvalue weighted by atomic mass is 10.1. The molecule has 0 heterocycles. The van der Waals surface area contributed by atoms with Crippen molar-refractivity contribution in [1.82, 2.24) is 0 Å². The van der Waals surface area contributed by atoms with Gasteiger partial charge in [-0.2, -0.15) is 0 Å². The molecular weight excluding hydrogens is 392 g/mol. The number of hydrogen-bond acceptors (Lipinski definition) is 4. The van der Waals surface area contributed by atoms with Crippen molar-refractivity contribution in [1.29, 1.82) is 0 Å². The first-order valence-electron chi connectivity index (χ1n) is 10.4. The van der Waals surface area contributed by atoms with E-state index in [4.69, 9.17) is 9.47 Å². The van der Waals surface area contributed by atoms with Gasteiger partial charge in [-0.1, -0.05) is 39.8 Å². The molecule has 0 fully saturated rings. The molecule has 0 aliphatic carbocycles. The Morgan fingerprint density at radius 3 is 2.39 bits per heavy atom. The topological polar surface area (TPSA) is 76.7 Å². The molecule has 0 aromatic heterocycles. The predicted octanol–water partition coefficient (Wildman–Crippen LogP) is 5.28. The molecule has 6 heteroatoms.